The van der Waals surface area contributed by atoms with Crippen molar-refractivity contribution in [3.63, 3.8) is 0 Å². The maximum Gasteiger partial charge on any atom is 0.0449 e. The molecule has 0 radical (unpaired) electrons. The molecule has 1 aliphatic carbocycles. The Bertz CT molecular complexity index is 354. The van der Waals surface area contributed by atoms with Crippen LogP contribution < -0.4 is 5.32 Å². The maximum atomic E-state index is 3.63. The molecule has 1 N–H and O–H groups in total. The number of hydrogen-bond donors (Lipinski definition) is 1. The Balaban J connectivity index is 1.71. The molecule has 1 heterocycles. The fraction of sp³-hybridized carbons (Fsp3) is 0.571. The molecule has 1 saturated heterocycles. The highest BCUT2D eigenvalue weighted by atomic mass is 15.2. The van der Waals surface area contributed by atoms with Crippen molar-refractivity contribution in [3.8, 4) is 0 Å². The predicted octanol–water partition coefficient (Wildman–Crippen LogP) is 2.10. The maximum absolute atomic E-state index is 3.63. The molecular formula is C14H20N2. The third-order valence-electron chi connectivity index (χ3n) is 3.75. The Morgan fingerprint density at radius 1 is 1.19 bits per heavy atom. The van der Waals surface area contributed by atoms with Crippen LogP contribution in [0.2, 0.25) is 0 Å². The second kappa shape index (κ2) is 4.19. The molecule has 86 valence electrons. The van der Waals surface area contributed by atoms with Crippen molar-refractivity contribution < 1.29 is 0 Å². The summed E-state index contributed by atoms with van der Waals surface area (Å²) in [6.07, 6.45) is 2.83. The van der Waals surface area contributed by atoms with Gasteiger partial charge in [0.15, 0.2) is 0 Å². The Hall–Kier alpha value is -0.860. The fourth-order valence-electron chi connectivity index (χ4n) is 2.57. The largest absolute Gasteiger partial charge is 0.308 e. The van der Waals surface area contributed by atoms with E-state index in [1.807, 2.05) is 0 Å². The van der Waals surface area contributed by atoms with E-state index in [2.05, 4.69) is 41.4 Å². The minimum atomic E-state index is 0.537. The van der Waals surface area contributed by atoms with Crippen LogP contribution >= 0.6 is 0 Å². The Labute approximate surface area is 97.6 Å². The highest BCUT2D eigenvalue weighted by Gasteiger charge is 2.32. The number of aryl methyl sites for hydroxylation is 1. The van der Waals surface area contributed by atoms with Crippen LogP contribution in [0.5, 0.6) is 0 Å². The zero-order chi connectivity index (χ0) is 11.0. The van der Waals surface area contributed by atoms with E-state index in [9.17, 15) is 0 Å². The van der Waals surface area contributed by atoms with E-state index < -0.39 is 0 Å². The molecule has 0 spiro atoms. The third-order valence-corrected chi connectivity index (χ3v) is 3.75. The molecular weight excluding hydrogens is 196 g/mol. The summed E-state index contributed by atoms with van der Waals surface area (Å²) in [5, 5.41) is 3.63. The molecule has 1 aromatic rings. The number of nitrogens with one attached hydrogen (secondary N) is 1. The monoisotopic (exact) mass is 216 g/mol. The van der Waals surface area contributed by atoms with Crippen molar-refractivity contribution in [3.05, 3.63) is 35.4 Å². The average molecular weight is 216 g/mol. The van der Waals surface area contributed by atoms with Gasteiger partial charge in [-0.15, -0.1) is 0 Å². The summed E-state index contributed by atoms with van der Waals surface area (Å²) in [5.74, 6) is 0. The lowest BCUT2D eigenvalue weighted by atomic mass is 10.0. The lowest BCUT2D eigenvalue weighted by molar-refractivity contribution is 0.192. The van der Waals surface area contributed by atoms with Gasteiger partial charge in [-0.05, 0) is 25.3 Å². The van der Waals surface area contributed by atoms with Crippen molar-refractivity contribution in [2.75, 3.05) is 19.6 Å². The van der Waals surface area contributed by atoms with Gasteiger partial charge in [0.2, 0.25) is 0 Å². The number of nitrogens with zero attached hydrogens (tertiary/aromatic N) is 1. The number of benzene rings is 1. The molecule has 2 heteroatoms. The van der Waals surface area contributed by atoms with E-state index in [0.29, 0.717) is 6.04 Å². The average Bonchev–Trinajstić information content (AvgIpc) is 3.14. The topological polar surface area (TPSA) is 15.3 Å². The SMILES string of the molecule is Cc1ccc(C2CN(C3CC3)CCN2)cc1. The molecule has 1 aromatic carbocycles. The Morgan fingerprint density at radius 2 is 1.94 bits per heavy atom. The molecule has 0 bridgehead atoms. The zero-order valence-electron chi connectivity index (χ0n) is 9.95. The van der Waals surface area contributed by atoms with E-state index in [-0.39, 0.29) is 0 Å². The molecule has 1 saturated carbocycles. The quantitative estimate of drug-likeness (QED) is 0.814. The van der Waals surface area contributed by atoms with E-state index in [1.165, 1.54) is 37.1 Å². The molecule has 0 amide bonds. The van der Waals surface area contributed by atoms with Gasteiger partial charge in [-0.25, -0.2) is 0 Å². The molecule has 2 fully saturated rings. The highest BCUT2D eigenvalue weighted by molar-refractivity contribution is 5.24. The summed E-state index contributed by atoms with van der Waals surface area (Å²) < 4.78 is 0. The van der Waals surface area contributed by atoms with Gasteiger partial charge >= 0.3 is 0 Å². The second-order valence-corrected chi connectivity index (χ2v) is 5.14. The molecule has 0 aromatic heterocycles. The lowest BCUT2D eigenvalue weighted by Crippen LogP contribution is -2.46. The molecule has 16 heavy (non-hydrogen) atoms. The Morgan fingerprint density at radius 3 is 2.62 bits per heavy atom. The minimum Gasteiger partial charge on any atom is -0.308 e. The van der Waals surface area contributed by atoms with Crippen molar-refractivity contribution in [2.24, 2.45) is 0 Å². The summed E-state index contributed by atoms with van der Waals surface area (Å²) in [7, 11) is 0. The van der Waals surface area contributed by atoms with E-state index >= 15 is 0 Å². The normalized spacial score (nSPS) is 26.9. The van der Waals surface area contributed by atoms with Crippen LogP contribution in [0, 0.1) is 6.92 Å². The number of rotatable bonds is 2. The first-order valence-electron chi connectivity index (χ1n) is 6.37. The summed E-state index contributed by atoms with van der Waals surface area (Å²) in [5.41, 5.74) is 2.79. The summed E-state index contributed by atoms with van der Waals surface area (Å²) >= 11 is 0. The van der Waals surface area contributed by atoms with Gasteiger partial charge in [-0.3, -0.25) is 4.90 Å². The summed E-state index contributed by atoms with van der Waals surface area (Å²) in [6.45, 7) is 5.70. The second-order valence-electron chi connectivity index (χ2n) is 5.14. The summed E-state index contributed by atoms with van der Waals surface area (Å²) in [4.78, 5) is 2.65. The van der Waals surface area contributed by atoms with Crippen molar-refractivity contribution >= 4 is 0 Å². The van der Waals surface area contributed by atoms with E-state index in [0.717, 1.165) is 12.6 Å². The third kappa shape index (κ3) is 2.13. The van der Waals surface area contributed by atoms with Crippen molar-refractivity contribution in [1.29, 1.82) is 0 Å². The number of hydrogen-bond acceptors (Lipinski definition) is 2. The van der Waals surface area contributed by atoms with E-state index in [1.54, 1.807) is 0 Å². The van der Waals surface area contributed by atoms with Gasteiger partial charge in [-0.2, -0.15) is 0 Å². The lowest BCUT2D eigenvalue weighted by Gasteiger charge is -2.34. The smallest absolute Gasteiger partial charge is 0.0449 e. The van der Waals surface area contributed by atoms with Crippen molar-refractivity contribution in [2.45, 2.75) is 31.8 Å². The first kappa shape index (κ1) is 10.3. The molecule has 1 aliphatic heterocycles. The van der Waals surface area contributed by atoms with Gasteiger partial charge in [0.25, 0.3) is 0 Å². The standard InChI is InChI=1S/C14H20N2/c1-11-2-4-12(5-3-11)14-10-16(9-8-15-14)13-6-7-13/h2-5,13-15H,6-10H2,1H3. The van der Waals surface area contributed by atoms with Crippen molar-refractivity contribution in [1.82, 2.24) is 10.2 Å². The van der Waals surface area contributed by atoms with Crippen LogP contribution in [0.25, 0.3) is 0 Å². The minimum absolute atomic E-state index is 0.537. The fourth-order valence-corrected chi connectivity index (χ4v) is 2.57. The molecule has 1 unspecified atom stereocenters. The number of piperazine rings is 1. The first-order valence-corrected chi connectivity index (χ1v) is 6.37. The highest BCUT2D eigenvalue weighted by Crippen LogP contribution is 2.30. The Kier molecular flexibility index (Phi) is 2.70. The molecule has 3 rings (SSSR count). The van der Waals surface area contributed by atoms with Crippen LogP contribution in [0.3, 0.4) is 0 Å². The predicted molar refractivity (Wildman–Crippen MR) is 66.5 cm³/mol. The molecule has 2 nitrogen and oxygen atoms in total. The van der Waals surface area contributed by atoms with Crippen LogP contribution in [0.1, 0.15) is 30.0 Å². The molecule has 2 aliphatic rings. The van der Waals surface area contributed by atoms with Crippen LogP contribution in [0.4, 0.5) is 0 Å². The van der Waals surface area contributed by atoms with Gasteiger partial charge in [0.05, 0.1) is 0 Å². The molecule has 1 atom stereocenters. The summed E-state index contributed by atoms with van der Waals surface area (Å²) in [6, 6.07) is 10.4. The van der Waals surface area contributed by atoms with Crippen LogP contribution in [0.15, 0.2) is 24.3 Å². The van der Waals surface area contributed by atoms with Crippen LogP contribution in [-0.4, -0.2) is 30.6 Å². The van der Waals surface area contributed by atoms with Gasteiger partial charge in [0.1, 0.15) is 0 Å². The van der Waals surface area contributed by atoms with Gasteiger partial charge in [-0.1, -0.05) is 29.8 Å². The van der Waals surface area contributed by atoms with Crippen LogP contribution in [-0.2, 0) is 0 Å². The van der Waals surface area contributed by atoms with E-state index in [4.69, 9.17) is 0 Å². The van der Waals surface area contributed by atoms with Gasteiger partial charge in [0, 0.05) is 31.7 Å². The first-order chi connectivity index (χ1) is 7.83. The zero-order valence-corrected chi connectivity index (χ0v) is 9.95. The van der Waals surface area contributed by atoms with Gasteiger partial charge < -0.3 is 5.32 Å².